The molecule has 7 rings (SSSR count). The van der Waals surface area contributed by atoms with Crippen molar-refractivity contribution < 1.29 is 4.74 Å². The second-order valence-electron chi connectivity index (χ2n) is 11.4. The molecule has 40 heavy (non-hydrogen) atoms. The highest BCUT2D eigenvalue weighted by Crippen LogP contribution is 2.39. The van der Waals surface area contributed by atoms with E-state index in [1.807, 2.05) is 0 Å². The summed E-state index contributed by atoms with van der Waals surface area (Å²) in [6.07, 6.45) is 11.2. The monoisotopic (exact) mass is 548 g/mol. The largest absolute Gasteiger partial charge is 0.378 e. The molecule has 6 heteroatoms. The lowest BCUT2D eigenvalue weighted by Gasteiger charge is -2.38. The Kier molecular flexibility index (Phi) is 6.70. The van der Waals surface area contributed by atoms with Crippen LogP contribution in [-0.4, -0.2) is 35.9 Å². The summed E-state index contributed by atoms with van der Waals surface area (Å²) in [6.45, 7) is 5.80. The lowest BCUT2D eigenvalue weighted by atomic mass is 9.73. The van der Waals surface area contributed by atoms with E-state index in [9.17, 15) is 0 Å². The molecule has 1 saturated heterocycles. The zero-order valence-corrected chi connectivity index (χ0v) is 23.9. The minimum Gasteiger partial charge on any atom is -0.378 e. The van der Waals surface area contributed by atoms with E-state index < -0.39 is 0 Å². The van der Waals surface area contributed by atoms with E-state index in [1.54, 1.807) is 11.3 Å². The van der Waals surface area contributed by atoms with Crippen LogP contribution < -0.4 is 21.3 Å². The molecule has 2 fully saturated rings. The van der Waals surface area contributed by atoms with Gasteiger partial charge in [-0.15, -0.1) is 0 Å². The molecule has 204 valence electrons. The van der Waals surface area contributed by atoms with Gasteiger partial charge in [0.25, 0.3) is 0 Å². The van der Waals surface area contributed by atoms with Crippen LogP contribution in [-0.2, 0) is 10.3 Å². The highest BCUT2D eigenvalue weighted by molar-refractivity contribution is 7.08. The maximum Gasteiger partial charge on any atom is 0.146 e. The SMILES string of the molecule is CC1CC=c2c(nc(-c3ccsc3)n2-c2ccc(C3(N)CCC3)cc2)=CC=C1c1cccc(N2CCOCC2)c1. The summed E-state index contributed by atoms with van der Waals surface area (Å²) in [5.41, 5.74) is 13.9. The van der Waals surface area contributed by atoms with E-state index in [0.29, 0.717) is 5.92 Å². The van der Waals surface area contributed by atoms with Crippen molar-refractivity contribution in [2.45, 2.75) is 38.1 Å². The van der Waals surface area contributed by atoms with Gasteiger partial charge in [0.2, 0.25) is 0 Å². The van der Waals surface area contributed by atoms with Gasteiger partial charge in [0.15, 0.2) is 0 Å². The number of allylic oxidation sites excluding steroid dienone is 2. The number of imidazole rings is 1. The Labute approximate surface area is 239 Å². The van der Waals surface area contributed by atoms with Crippen LogP contribution in [0.4, 0.5) is 5.69 Å². The molecular formula is C34H36N4OS. The average molecular weight is 549 g/mol. The first-order chi connectivity index (χ1) is 19.6. The summed E-state index contributed by atoms with van der Waals surface area (Å²) in [7, 11) is 0. The molecule has 0 radical (unpaired) electrons. The molecule has 2 aromatic carbocycles. The fourth-order valence-electron chi connectivity index (χ4n) is 6.24. The molecule has 0 spiro atoms. The van der Waals surface area contributed by atoms with Crippen molar-refractivity contribution in [3.8, 4) is 17.1 Å². The summed E-state index contributed by atoms with van der Waals surface area (Å²) in [5, 5.41) is 6.47. The van der Waals surface area contributed by atoms with E-state index in [0.717, 1.165) is 73.3 Å². The zero-order chi connectivity index (χ0) is 27.1. The predicted molar refractivity (Wildman–Crippen MR) is 166 cm³/mol. The van der Waals surface area contributed by atoms with Gasteiger partial charge >= 0.3 is 0 Å². The summed E-state index contributed by atoms with van der Waals surface area (Å²) >= 11 is 1.71. The van der Waals surface area contributed by atoms with Crippen molar-refractivity contribution in [2.24, 2.45) is 11.7 Å². The van der Waals surface area contributed by atoms with Crippen molar-refractivity contribution in [2.75, 3.05) is 31.2 Å². The lowest BCUT2D eigenvalue weighted by Crippen LogP contribution is -2.43. The number of aromatic nitrogens is 2. The Morgan fingerprint density at radius 1 is 0.975 bits per heavy atom. The maximum absolute atomic E-state index is 6.63. The third-order valence-electron chi connectivity index (χ3n) is 8.84. The third-order valence-corrected chi connectivity index (χ3v) is 9.52. The van der Waals surface area contributed by atoms with Crippen molar-refractivity contribution >= 4 is 34.7 Å². The van der Waals surface area contributed by atoms with Crippen LogP contribution in [0.5, 0.6) is 0 Å². The minimum absolute atomic E-state index is 0.159. The smallest absolute Gasteiger partial charge is 0.146 e. The van der Waals surface area contributed by atoms with Gasteiger partial charge in [-0.05, 0) is 90.1 Å². The van der Waals surface area contributed by atoms with E-state index in [4.69, 9.17) is 15.5 Å². The Morgan fingerprint density at radius 2 is 1.80 bits per heavy atom. The Balaban J connectivity index is 1.32. The van der Waals surface area contributed by atoms with Gasteiger partial charge in [0.05, 0.1) is 23.9 Å². The Hall–Kier alpha value is -3.45. The van der Waals surface area contributed by atoms with Crippen LogP contribution in [0.2, 0.25) is 0 Å². The quantitative estimate of drug-likeness (QED) is 0.360. The van der Waals surface area contributed by atoms with Gasteiger partial charge in [-0.3, -0.25) is 4.57 Å². The molecule has 2 N–H and O–H groups in total. The zero-order valence-electron chi connectivity index (χ0n) is 23.1. The first-order valence-electron chi connectivity index (χ1n) is 14.5. The molecule has 2 aliphatic carbocycles. The van der Waals surface area contributed by atoms with Gasteiger partial charge in [-0.25, -0.2) is 4.98 Å². The molecule has 0 bridgehead atoms. The van der Waals surface area contributed by atoms with E-state index >= 15 is 0 Å². The van der Waals surface area contributed by atoms with E-state index in [1.165, 1.54) is 28.8 Å². The Bertz CT molecular complexity index is 1660. The first kappa shape index (κ1) is 25.5. The number of hydrogen-bond acceptors (Lipinski definition) is 5. The number of fused-ring (bicyclic) bond motifs is 1. The molecule has 0 amide bonds. The number of thiophene rings is 1. The van der Waals surface area contributed by atoms with Gasteiger partial charge in [-0.2, -0.15) is 11.3 Å². The molecule has 5 nitrogen and oxygen atoms in total. The molecule has 3 heterocycles. The summed E-state index contributed by atoms with van der Waals surface area (Å²) in [5.74, 6) is 1.35. The number of hydrogen-bond donors (Lipinski definition) is 1. The van der Waals surface area contributed by atoms with Gasteiger partial charge in [-0.1, -0.05) is 43.3 Å². The molecule has 4 aromatic rings. The number of rotatable bonds is 5. The second-order valence-corrected chi connectivity index (χ2v) is 12.2. The summed E-state index contributed by atoms with van der Waals surface area (Å²) in [4.78, 5) is 7.63. The lowest BCUT2D eigenvalue weighted by molar-refractivity contribution is 0.122. The van der Waals surface area contributed by atoms with Gasteiger partial charge in [0.1, 0.15) is 5.82 Å². The number of nitrogens with two attached hydrogens (primary N) is 1. The van der Waals surface area contributed by atoms with Crippen LogP contribution >= 0.6 is 11.3 Å². The Morgan fingerprint density at radius 3 is 2.52 bits per heavy atom. The van der Waals surface area contributed by atoms with Gasteiger partial charge < -0.3 is 15.4 Å². The van der Waals surface area contributed by atoms with Crippen LogP contribution in [0.15, 0.2) is 71.4 Å². The number of benzene rings is 2. The highest BCUT2D eigenvalue weighted by Gasteiger charge is 2.34. The number of anilines is 1. The van der Waals surface area contributed by atoms with Crippen LogP contribution in [0, 0.1) is 5.92 Å². The molecular weight excluding hydrogens is 512 g/mol. The molecule has 1 aliphatic heterocycles. The fourth-order valence-corrected chi connectivity index (χ4v) is 6.87. The third kappa shape index (κ3) is 4.64. The molecule has 3 aliphatic rings. The second kappa shape index (κ2) is 10.5. The predicted octanol–water partition coefficient (Wildman–Crippen LogP) is 5.46. The van der Waals surface area contributed by atoms with Crippen LogP contribution in [0.1, 0.15) is 43.7 Å². The normalized spacial score (nSPS) is 20.3. The van der Waals surface area contributed by atoms with E-state index in [-0.39, 0.29) is 5.54 Å². The minimum atomic E-state index is -0.159. The van der Waals surface area contributed by atoms with Crippen molar-refractivity contribution in [3.05, 3.63) is 93.3 Å². The van der Waals surface area contributed by atoms with Crippen molar-refractivity contribution in [1.29, 1.82) is 0 Å². The van der Waals surface area contributed by atoms with Crippen LogP contribution in [0.3, 0.4) is 0 Å². The van der Waals surface area contributed by atoms with Gasteiger partial charge in [0, 0.05) is 40.9 Å². The number of morpholine rings is 1. The van der Waals surface area contributed by atoms with Crippen molar-refractivity contribution in [3.63, 3.8) is 0 Å². The summed E-state index contributed by atoms with van der Waals surface area (Å²) in [6, 6.07) is 20.0. The maximum atomic E-state index is 6.63. The van der Waals surface area contributed by atoms with Crippen molar-refractivity contribution in [1.82, 2.24) is 9.55 Å². The molecule has 1 saturated carbocycles. The highest BCUT2D eigenvalue weighted by atomic mass is 32.1. The fraction of sp³-hybridized carbons (Fsp3) is 0.324. The number of ether oxygens (including phenoxy) is 1. The molecule has 2 aromatic heterocycles. The first-order valence-corrected chi connectivity index (χ1v) is 15.4. The van der Waals surface area contributed by atoms with Crippen LogP contribution in [0.25, 0.3) is 34.8 Å². The average Bonchev–Trinajstić information content (AvgIpc) is 3.63. The number of nitrogens with zero attached hydrogens (tertiary/aromatic N) is 3. The molecule has 1 unspecified atom stereocenters. The van der Waals surface area contributed by atoms with E-state index in [2.05, 4.69) is 100.0 Å². The standard InChI is InChI=1S/C34H36N4OS/c1-24-6-13-32-31(12-11-30(24)25-4-2-5-29(22-25)37-17-19-39-20-18-37)36-33(26-14-21-40-23-26)38(32)28-9-7-27(8-10-28)34(35)15-3-16-34/h2,4-5,7-14,21-24H,3,6,15-20,35H2,1H3. The summed E-state index contributed by atoms with van der Waals surface area (Å²) < 4.78 is 7.90. The molecule has 1 atom stereocenters. The topological polar surface area (TPSA) is 56.3 Å².